The van der Waals surface area contributed by atoms with Crippen LogP contribution in [-0.4, -0.2) is 30.1 Å². The van der Waals surface area contributed by atoms with Gasteiger partial charge in [0.15, 0.2) is 0 Å². The lowest BCUT2D eigenvalue weighted by Gasteiger charge is -2.35. The number of benzene rings is 1. The number of nitrogens with two attached hydrogens (primary N) is 1. The number of nitrogens with zero attached hydrogens (tertiary/aromatic N) is 1. The third kappa shape index (κ3) is 3.30. The van der Waals surface area contributed by atoms with Crippen LogP contribution in [0.25, 0.3) is 0 Å². The van der Waals surface area contributed by atoms with Crippen molar-refractivity contribution in [2.45, 2.75) is 25.1 Å². The van der Waals surface area contributed by atoms with Crippen LogP contribution in [0.1, 0.15) is 24.4 Å². The molecule has 110 valence electrons. The summed E-state index contributed by atoms with van der Waals surface area (Å²) in [5, 5.41) is 0. The quantitative estimate of drug-likeness (QED) is 0.908. The zero-order valence-corrected chi connectivity index (χ0v) is 10.9. The molecule has 0 aromatic heterocycles. The normalized spacial score (nSPS) is 21.6. The third-order valence-electron chi connectivity index (χ3n) is 3.62. The van der Waals surface area contributed by atoms with Gasteiger partial charge in [0, 0.05) is 13.1 Å². The van der Waals surface area contributed by atoms with Gasteiger partial charge in [0.05, 0.1) is 5.92 Å². The summed E-state index contributed by atoms with van der Waals surface area (Å²) < 4.78 is 38.2. The lowest BCUT2D eigenvalue weighted by molar-refractivity contribution is -0.188. The van der Waals surface area contributed by atoms with E-state index in [1.807, 2.05) is 0 Å². The van der Waals surface area contributed by atoms with Gasteiger partial charge < -0.3 is 10.6 Å². The molecule has 1 heterocycles. The van der Waals surface area contributed by atoms with E-state index in [0.717, 1.165) is 0 Å². The Balaban J connectivity index is 2.05. The van der Waals surface area contributed by atoms with E-state index >= 15 is 0 Å². The number of carbonyl (C=O) groups excluding carboxylic acids is 1. The largest absolute Gasteiger partial charge is 0.393 e. The van der Waals surface area contributed by atoms with Crippen molar-refractivity contribution in [3.8, 4) is 0 Å². The predicted molar refractivity (Wildman–Crippen MR) is 68.7 cm³/mol. The van der Waals surface area contributed by atoms with E-state index in [1.54, 1.807) is 30.3 Å². The van der Waals surface area contributed by atoms with Crippen molar-refractivity contribution >= 4 is 5.91 Å². The fourth-order valence-corrected chi connectivity index (χ4v) is 2.44. The second kappa shape index (κ2) is 5.83. The van der Waals surface area contributed by atoms with Gasteiger partial charge in [-0.3, -0.25) is 4.79 Å². The average molecular weight is 286 g/mol. The highest BCUT2D eigenvalue weighted by Crippen LogP contribution is 2.33. The first-order valence-electron chi connectivity index (χ1n) is 6.55. The first-order valence-corrected chi connectivity index (χ1v) is 6.55. The van der Waals surface area contributed by atoms with Crippen LogP contribution in [0, 0.1) is 5.92 Å². The SMILES string of the molecule is N[C@H](C(=O)N1CCCC(C(F)(F)F)C1)c1ccccc1. The summed E-state index contributed by atoms with van der Waals surface area (Å²) in [6, 6.07) is 7.79. The van der Waals surface area contributed by atoms with Gasteiger partial charge in [0.1, 0.15) is 6.04 Å². The maximum absolute atomic E-state index is 12.7. The fraction of sp³-hybridized carbons (Fsp3) is 0.500. The molecular formula is C14H17F3N2O. The molecule has 1 aromatic rings. The second-order valence-corrected chi connectivity index (χ2v) is 5.05. The van der Waals surface area contributed by atoms with Crippen molar-refractivity contribution in [2.75, 3.05) is 13.1 Å². The summed E-state index contributed by atoms with van der Waals surface area (Å²) in [6.07, 6.45) is -3.82. The van der Waals surface area contributed by atoms with E-state index in [2.05, 4.69) is 0 Å². The number of likely N-dealkylation sites (tertiary alicyclic amines) is 1. The fourth-order valence-electron chi connectivity index (χ4n) is 2.44. The summed E-state index contributed by atoms with van der Waals surface area (Å²) in [5.74, 6) is -1.88. The molecule has 3 nitrogen and oxygen atoms in total. The predicted octanol–water partition coefficient (Wildman–Crippen LogP) is 2.49. The molecule has 1 unspecified atom stereocenters. The molecule has 1 amide bonds. The van der Waals surface area contributed by atoms with Gasteiger partial charge in [0.2, 0.25) is 5.91 Å². The first kappa shape index (κ1) is 14.8. The van der Waals surface area contributed by atoms with Crippen molar-refractivity contribution in [1.82, 2.24) is 4.90 Å². The van der Waals surface area contributed by atoms with Crippen molar-refractivity contribution in [3.63, 3.8) is 0 Å². The summed E-state index contributed by atoms with van der Waals surface area (Å²) in [6.45, 7) is 0.0504. The zero-order valence-electron chi connectivity index (χ0n) is 10.9. The summed E-state index contributed by atoms with van der Waals surface area (Å²) in [5.41, 5.74) is 6.47. The van der Waals surface area contributed by atoms with Crippen molar-refractivity contribution in [3.05, 3.63) is 35.9 Å². The minimum atomic E-state index is -4.25. The van der Waals surface area contributed by atoms with E-state index in [-0.39, 0.29) is 13.0 Å². The van der Waals surface area contributed by atoms with Gasteiger partial charge in [-0.05, 0) is 18.4 Å². The van der Waals surface area contributed by atoms with Crippen LogP contribution in [-0.2, 0) is 4.79 Å². The molecule has 1 fully saturated rings. The molecule has 0 bridgehead atoms. The van der Waals surface area contributed by atoms with E-state index in [9.17, 15) is 18.0 Å². The molecule has 0 radical (unpaired) electrons. The number of amides is 1. The standard InChI is InChI=1S/C14H17F3N2O/c15-14(16,17)11-7-4-8-19(9-11)13(20)12(18)10-5-2-1-3-6-10/h1-3,5-6,11-12H,4,7-9,18H2/t11?,12-/m0/s1. The van der Waals surface area contributed by atoms with Crippen LogP contribution in [0.2, 0.25) is 0 Å². The van der Waals surface area contributed by atoms with Crippen LogP contribution in [0.5, 0.6) is 0 Å². The Morgan fingerprint density at radius 2 is 1.95 bits per heavy atom. The number of hydrogen-bond donors (Lipinski definition) is 1. The Labute approximate surface area is 115 Å². The van der Waals surface area contributed by atoms with Crippen molar-refractivity contribution in [2.24, 2.45) is 11.7 Å². The molecule has 2 rings (SSSR count). The number of rotatable bonds is 2. The molecular weight excluding hydrogens is 269 g/mol. The molecule has 0 saturated carbocycles. The molecule has 1 saturated heterocycles. The van der Waals surface area contributed by atoms with Gasteiger partial charge >= 0.3 is 6.18 Å². The van der Waals surface area contributed by atoms with Gasteiger partial charge in [0.25, 0.3) is 0 Å². The highest BCUT2D eigenvalue weighted by molar-refractivity contribution is 5.83. The molecule has 1 aromatic carbocycles. The van der Waals surface area contributed by atoms with Crippen molar-refractivity contribution < 1.29 is 18.0 Å². The number of carbonyl (C=O) groups is 1. The number of halogens is 3. The molecule has 2 N–H and O–H groups in total. The van der Waals surface area contributed by atoms with Gasteiger partial charge in [-0.15, -0.1) is 0 Å². The first-order chi connectivity index (χ1) is 9.39. The topological polar surface area (TPSA) is 46.3 Å². The third-order valence-corrected chi connectivity index (χ3v) is 3.62. The van der Waals surface area contributed by atoms with Crippen molar-refractivity contribution in [1.29, 1.82) is 0 Å². The highest BCUT2D eigenvalue weighted by Gasteiger charge is 2.43. The molecule has 1 aliphatic rings. The molecule has 20 heavy (non-hydrogen) atoms. The monoisotopic (exact) mass is 286 g/mol. The van der Waals surface area contributed by atoms with E-state index in [4.69, 9.17) is 5.73 Å². The van der Waals surface area contributed by atoms with E-state index in [1.165, 1.54) is 4.90 Å². The lowest BCUT2D eigenvalue weighted by atomic mass is 9.96. The molecule has 6 heteroatoms. The molecule has 2 atom stereocenters. The summed E-state index contributed by atoms with van der Waals surface area (Å²) in [7, 11) is 0. The maximum Gasteiger partial charge on any atom is 0.393 e. The van der Waals surface area contributed by atoms with E-state index < -0.39 is 24.0 Å². The Hall–Kier alpha value is -1.56. The van der Waals surface area contributed by atoms with Crippen LogP contribution < -0.4 is 5.73 Å². The van der Waals surface area contributed by atoms with Gasteiger partial charge in [-0.1, -0.05) is 30.3 Å². The number of hydrogen-bond acceptors (Lipinski definition) is 2. The average Bonchev–Trinajstić information content (AvgIpc) is 2.46. The second-order valence-electron chi connectivity index (χ2n) is 5.05. The van der Waals surface area contributed by atoms with Crippen LogP contribution in [0.4, 0.5) is 13.2 Å². The lowest BCUT2D eigenvalue weighted by Crippen LogP contribution is -2.47. The molecule has 0 aliphatic carbocycles. The molecule has 1 aliphatic heterocycles. The summed E-state index contributed by atoms with van der Waals surface area (Å²) in [4.78, 5) is 13.4. The number of alkyl halides is 3. The Bertz CT molecular complexity index is 461. The smallest absolute Gasteiger partial charge is 0.340 e. The minimum absolute atomic E-state index is 0.0772. The van der Waals surface area contributed by atoms with Crippen LogP contribution in [0.3, 0.4) is 0 Å². The maximum atomic E-state index is 12.7. The Kier molecular flexibility index (Phi) is 4.32. The molecule has 0 spiro atoms. The zero-order chi connectivity index (χ0) is 14.8. The Morgan fingerprint density at radius 3 is 2.55 bits per heavy atom. The summed E-state index contributed by atoms with van der Waals surface area (Å²) >= 11 is 0. The van der Waals surface area contributed by atoms with Gasteiger partial charge in [-0.2, -0.15) is 13.2 Å². The highest BCUT2D eigenvalue weighted by atomic mass is 19.4. The Morgan fingerprint density at radius 1 is 1.30 bits per heavy atom. The minimum Gasteiger partial charge on any atom is -0.340 e. The van der Waals surface area contributed by atoms with Crippen LogP contribution in [0.15, 0.2) is 30.3 Å². The number of piperidine rings is 1. The van der Waals surface area contributed by atoms with E-state index in [0.29, 0.717) is 18.5 Å². The van der Waals surface area contributed by atoms with Crippen LogP contribution >= 0.6 is 0 Å². The van der Waals surface area contributed by atoms with Gasteiger partial charge in [-0.25, -0.2) is 0 Å².